The quantitative estimate of drug-likeness (QED) is 0.857. The number of aliphatic carboxylic acids is 1. The minimum Gasteiger partial charge on any atom is -0.481 e. The molecule has 0 spiro atoms. The summed E-state index contributed by atoms with van der Waals surface area (Å²) in [5.41, 5.74) is -0.0675. The van der Waals surface area contributed by atoms with Gasteiger partial charge in [-0.2, -0.15) is 0 Å². The zero-order valence-electron chi connectivity index (χ0n) is 13.8. The van der Waals surface area contributed by atoms with Crippen molar-refractivity contribution in [3.63, 3.8) is 0 Å². The Hall–Kier alpha value is -1.85. The van der Waals surface area contributed by atoms with E-state index in [4.69, 9.17) is 11.6 Å². The summed E-state index contributed by atoms with van der Waals surface area (Å²) >= 11 is 7.46. The van der Waals surface area contributed by atoms with Gasteiger partial charge in [0, 0.05) is 29.8 Å². The molecule has 1 aromatic heterocycles. The first-order valence-corrected chi connectivity index (χ1v) is 9.57. The number of carbonyl (C=O) groups excluding carboxylic acids is 1. The Kier molecular flexibility index (Phi) is 5.45. The van der Waals surface area contributed by atoms with Crippen LogP contribution in [-0.2, 0) is 21.4 Å². The zero-order valence-corrected chi connectivity index (χ0v) is 15.4. The highest BCUT2D eigenvalue weighted by Crippen LogP contribution is 2.36. The Balaban J connectivity index is 1.61. The second-order valence-corrected chi connectivity index (χ2v) is 7.80. The number of amides is 1. The molecule has 4 nitrogen and oxygen atoms in total. The number of carbonyl (C=O) groups is 2. The van der Waals surface area contributed by atoms with Gasteiger partial charge in [0.15, 0.2) is 0 Å². The van der Waals surface area contributed by atoms with Crippen LogP contribution < -0.4 is 0 Å². The van der Waals surface area contributed by atoms with E-state index in [-0.39, 0.29) is 5.91 Å². The van der Waals surface area contributed by atoms with Crippen molar-refractivity contribution in [2.75, 3.05) is 13.1 Å². The highest BCUT2D eigenvalue weighted by Gasteiger charge is 2.43. The molecule has 1 saturated heterocycles. The van der Waals surface area contributed by atoms with Gasteiger partial charge in [-0.3, -0.25) is 9.59 Å². The molecule has 1 fully saturated rings. The molecule has 2 heterocycles. The van der Waals surface area contributed by atoms with E-state index in [1.54, 1.807) is 16.2 Å². The van der Waals surface area contributed by atoms with E-state index in [2.05, 4.69) is 0 Å². The minimum atomic E-state index is -0.890. The smallest absolute Gasteiger partial charge is 0.314 e. The van der Waals surface area contributed by atoms with Gasteiger partial charge in [0.1, 0.15) is 0 Å². The lowest BCUT2D eigenvalue weighted by molar-refractivity contribution is -0.148. The second kappa shape index (κ2) is 7.58. The first-order chi connectivity index (χ1) is 12.0. The summed E-state index contributed by atoms with van der Waals surface area (Å²) in [6.07, 6.45) is 2.00. The third-order valence-corrected chi connectivity index (χ3v) is 6.26. The number of thiophene rings is 1. The molecule has 25 heavy (non-hydrogen) atoms. The van der Waals surface area contributed by atoms with Crippen LogP contribution in [0.25, 0.3) is 0 Å². The molecule has 3 rings (SSSR count). The summed E-state index contributed by atoms with van der Waals surface area (Å²) in [6, 6.07) is 11.2. The highest BCUT2D eigenvalue weighted by molar-refractivity contribution is 7.10. The topological polar surface area (TPSA) is 57.6 Å². The van der Waals surface area contributed by atoms with Gasteiger partial charge in [0.05, 0.1) is 10.4 Å². The van der Waals surface area contributed by atoms with E-state index in [0.717, 1.165) is 10.4 Å². The Morgan fingerprint density at radius 3 is 2.44 bits per heavy atom. The molecule has 0 aliphatic carbocycles. The Morgan fingerprint density at radius 1 is 1.20 bits per heavy atom. The van der Waals surface area contributed by atoms with Crippen molar-refractivity contribution in [3.05, 3.63) is 57.2 Å². The number of likely N-dealkylation sites (tertiary alicyclic amines) is 1. The van der Waals surface area contributed by atoms with Gasteiger partial charge >= 0.3 is 5.97 Å². The van der Waals surface area contributed by atoms with E-state index in [1.807, 2.05) is 41.8 Å². The number of halogens is 1. The van der Waals surface area contributed by atoms with Crippen molar-refractivity contribution in [2.45, 2.75) is 31.1 Å². The molecule has 0 bridgehead atoms. The maximum Gasteiger partial charge on any atom is 0.314 e. The van der Waals surface area contributed by atoms with Gasteiger partial charge in [-0.25, -0.2) is 0 Å². The molecule has 0 radical (unpaired) electrons. The molecule has 1 aliphatic rings. The average Bonchev–Trinajstić information content (AvgIpc) is 3.05. The monoisotopic (exact) mass is 377 g/mol. The molecule has 1 N–H and O–H groups in total. The van der Waals surface area contributed by atoms with E-state index < -0.39 is 11.4 Å². The summed E-state index contributed by atoms with van der Waals surface area (Å²) in [5, 5.41) is 12.4. The van der Waals surface area contributed by atoms with Gasteiger partial charge in [0.25, 0.3) is 0 Å². The average molecular weight is 378 g/mol. The zero-order chi connectivity index (χ0) is 17.9. The molecule has 1 aliphatic heterocycles. The van der Waals surface area contributed by atoms with Gasteiger partial charge in [-0.1, -0.05) is 41.9 Å². The number of piperidine rings is 1. The van der Waals surface area contributed by atoms with Gasteiger partial charge in [0.2, 0.25) is 5.91 Å². The molecule has 0 unspecified atom stereocenters. The third kappa shape index (κ3) is 3.88. The normalized spacial score (nSPS) is 16.6. The van der Waals surface area contributed by atoms with Gasteiger partial charge in [-0.05, 0) is 30.9 Å². The second-order valence-electron chi connectivity index (χ2n) is 6.37. The predicted molar refractivity (Wildman–Crippen MR) is 99.2 cm³/mol. The van der Waals surface area contributed by atoms with Crippen molar-refractivity contribution in [3.8, 4) is 0 Å². The van der Waals surface area contributed by atoms with Crippen LogP contribution in [0.5, 0.6) is 0 Å². The number of hydrogen-bond donors (Lipinski definition) is 1. The third-order valence-electron chi connectivity index (χ3n) is 4.91. The molecule has 2 aromatic rings. The predicted octanol–water partition coefficient (Wildman–Crippen LogP) is 3.98. The first kappa shape index (κ1) is 18.0. The standard InChI is InChI=1S/C19H20ClNO3S/c20-15-12-16(25-13-15)6-7-17(22)21-10-8-19(9-11-21,18(23)24)14-4-2-1-3-5-14/h1-5,12-13H,6-11H2,(H,23,24). The van der Waals surface area contributed by atoms with Crippen molar-refractivity contribution in [1.29, 1.82) is 0 Å². The van der Waals surface area contributed by atoms with Gasteiger partial charge < -0.3 is 10.0 Å². The summed E-state index contributed by atoms with van der Waals surface area (Å²) in [7, 11) is 0. The van der Waals surface area contributed by atoms with Crippen LogP contribution in [0.1, 0.15) is 29.7 Å². The van der Waals surface area contributed by atoms with Crippen LogP contribution in [0.4, 0.5) is 0 Å². The largest absolute Gasteiger partial charge is 0.481 e. The van der Waals surface area contributed by atoms with Crippen LogP contribution in [0.3, 0.4) is 0 Å². The lowest BCUT2D eigenvalue weighted by atomic mass is 9.73. The van der Waals surface area contributed by atoms with Crippen LogP contribution in [0.2, 0.25) is 5.02 Å². The van der Waals surface area contributed by atoms with Crippen LogP contribution >= 0.6 is 22.9 Å². The first-order valence-electron chi connectivity index (χ1n) is 8.31. The Morgan fingerprint density at radius 2 is 1.88 bits per heavy atom. The van der Waals surface area contributed by atoms with Crippen LogP contribution in [-0.4, -0.2) is 35.0 Å². The van der Waals surface area contributed by atoms with E-state index >= 15 is 0 Å². The molecule has 6 heteroatoms. The number of nitrogens with zero attached hydrogens (tertiary/aromatic N) is 1. The van der Waals surface area contributed by atoms with Crippen LogP contribution in [0.15, 0.2) is 41.8 Å². The number of hydrogen-bond acceptors (Lipinski definition) is 3. The minimum absolute atomic E-state index is 0.0802. The number of benzene rings is 1. The number of rotatable bonds is 5. The fourth-order valence-corrected chi connectivity index (χ4v) is 4.47. The summed E-state index contributed by atoms with van der Waals surface area (Å²) in [4.78, 5) is 27.3. The molecule has 1 aromatic carbocycles. The lowest BCUT2D eigenvalue weighted by Crippen LogP contribution is -2.49. The molecule has 132 valence electrons. The molecule has 0 saturated carbocycles. The van der Waals surface area contributed by atoms with E-state index in [9.17, 15) is 14.7 Å². The van der Waals surface area contributed by atoms with Crippen molar-refractivity contribution in [1.82, 2.24) is 4.90 Å². The van der Waals surface area contributed by atoms with E-state index in [0.29, 0.717) is 43.8 Å². The van der Waals surface area contributed by atoms with Crippen molar-refractivity contribution >= 4 is 34.8 Å². The summed E-state index contributed by atoms with van der Waals surface area (Å²) in [6.45, 7) is 0.955. The summed E-state index contributed by atoms with van der Waals surface area (Å²) < 4.78 is 0. The molecular weight excluding hydrogens is 358 g/mol. The molecule has 1 amide bonds. The molecule has 0 atom stereocenters. The molecular formula is C19H20ClNO3S. The SMILES string of the molecule is O=C(CCc1cc(Cl)cs1)N1CCC(C(=O)O)(c2ccccc2)CC1. The fourth-order valence-electron chi connectivity index (χ4n) is 3.39. The van der Waals surface area contributed by atoms with Gasteiger partial charge in [-0.15, -0.1) is 11.3 Å². The fraction of sp³-hybridized carbons (Fsp3) is 0.368. The summed E-state index contributed by atoms with van der Waals surface area (Å²) in [5.74, 6) is -0.726. The Bertz CT molecular complexity index is 751. The number of aryl methyl sites for hydroxylation is 1. The maximum absolute atomic E-state index is 12.4. The Labute approximate surface area is 156 Å². The van der Waals surface area contributed by atoms with Crippen molar-refractivity contribution < 1.29 is 14.7 Å². The van der Waals surface area contributed by atoms with Crippen LogP contribution in [0, 0.1) is 0 Å². The maximum atomic E-state index is 12.4. The number of carboxylic acid groups (broad SMARTS) is 1. The van der Waals surface area contributed by atoms with E-state index in [1.165, 1.54) is 0 Å². The van der Waals surface area contributed by atoms with Crippen molar-refractivity contribution in [2.24, 2.45) is 0 Å². The lowest BCUT2D eigenvalue weighted by Gasteiger charge is -2.39. The highest BCUT2D eigenvalue weighted by atomic mass is 35.5. The number of carboxylic acids is 1.